The Labute approximate surface area is 131 Å². The van der Waals surface area contributed by atoms with Crippen molar-refractivity contribution in [3.8, 4) is 0 Å². The number of rotatable bonds is 6. The van der Waals surface area contributed by atoms with Crippen molar-refractivity contribution in [2.45, 2.75) is 43.0 Å². The molecule has 0 aromatic heterocycles. The highest BCUT2D eigenvalue weighted by atomic mass is 32.2. The summed E-state index contributed by atoms with van der Waals surface area (Å²) < 4.78 is 22.3. The molecule has 1 saturated carbocycles. The normalized spacial score (nSPS) is 21.7. The second kappa shape index (κ2) is 7.21. The van der Waals surface area contributed by atoms with Gasteiger partial charge in [-0.05, 0) is 42.9 Å². The third kappa shape index (κ3) is 4.79. The lowest BCUT2D eigenvalue weighted by atomic mass is 10.00. The van der Waals surface area contributed by atoms with Gasteiger partial charge in [0.25, 0.3) is 0 Å². The van der Waals surface area contributed by atoms with Gasteiger partial charge >= 0.3 is 0 Å². The van der Waals surface area contributed by atoms with Crippen LogP contribution in [0.1, 0.15) is 31.2 Å². The molecule has 1 fully saturated rings. The molecule has 122 valence electrons. The first-order valence-corrected chi connectivity index (χ1v) is 9.05. The minimum Gasteiger partial charge on any atom is -0.356 e. The lowest BCUT2D eigenvalue weighted by molar-refractivity contribution is -0.122. The third-order valence-electron chi connectivity index (χ3n) is 4.15. The molecule has 2 rings (SSSR count). The van der Waals surface area contributed by atoms with E-state index in [1.165, 1.54) is 12.1 Å². The highest BCUT2D eigenvalue weighted by Gasteiger charge is 2.25. The zero-order valence-electron chi connectivity index (χ0n) is 12.5. The van der Waals surface area contributed by atoms with E-state index in [0.29, 0.717) is 25.3 Å². The van der Waals surface area contributed by atoms with Crippen molar-refractivity contribution < 1.29 is 13.2 Å². The monoisotopic (exact) mass is 325 g/mol. The standard InChI is InChI=1S/C15H23N3O3S/c16-14-3-1-2-12(14)10-15(19)18-9-8-11-4-6-13(7-5-11)22(17,20)21/h4-7,12,14H,1-3,8-10,16H2,(H,18,19)(H2,17,20,21)/t12-,14+/m0/s1. The molecule has 2 atom stereocenters. The number of carbonyl (C=O) groups excluding carboxylic acids is 1. The molecule has 22 heavy (non-hydrogen) atoms. The van der Waals surface area contributed by atoms with Crippen LogP contribution < -0.4 is 16.2 Å². The molecule has 0 radical (unpaired) electrons. The predicted octanol–water partition coefficient (Wildman–Crippen LogP) is 0.510. The van der Waals surface area contributed by atoms with E-state index in [0.717, 1.165) is 24.8 Å². The molecular weight excluding hydrogens is 302 g/mol. The van der Waals surface area contributed by atoms with E-state index in [2.05, 4.69) is 5.32 Å². The minimum atomic E-state index is -3.65. The second-order valence-corrected chi connectivity index (χ2v) is 7.41. The number of nitrogens with two attached hydrogens (primary N) is 2. The van der Waals surface area contributed by atoms with Crippen LogP contribution in [-0.4, -0.2) is 26.9 Å². The Morgan fingerprint density at radius 2 is 1.91 bits per heavy atom. The maximum Gasteiger partial charge on any atom is 0.238 e. The number of hydrogen-bond donors (Lipinski definition) is 3. The zero-order valence-corrected chi connectivity index (χ0v) is 13.3. The van der Waals surface area contributed by atoms with Crippen molar-refractivity contribution in [2.75, 3.05) is 6.54 Å². The maximum absolute atomic E-state index is 11.9. The first kappa shape index (κ1) is 16.9. The Morgan fingerprint density at radius 1 is 1.23 bits per heavy atom. The summed E-state index contributed by atoms with van der Waals surface area (Å²) in [6.45, 7) is 0.523. The molecule has 0 spiro atoms. The van der Waals surface area contributed by atoms with Gasteiger partial charge in [-0.15, -0.1) is 0 Å². The molecular formula is C15H23N3O3S. The fourth-order valence-corrected chi connectivity index (χ4v) is 3.34. The van der Waals surface area contributed by atoms with Crippen molar-refractivity contribution >= 4 is 15.9 Å². The predicted molar refractivity (Wildman–Crippen MR) is 84.5 cm³/mol. The summed E-state index contributed by atoms with van der Waals surface area (Å²) in [6.07, 6.45) is 4.28. The Hall–Kier alpha value is -1.44. The summed E-state index contributed by atoms with van der Waals surface area (Å²) in [4.78, 5) is 12.0. The topological polar surface area (TPSA) is 115 Å². The van der Waals surface area contributed by atoms with Crippen molar-refractivity contribution in [3.63, 3.8) is 0 Å². The number of benzene rings is 1. The van der Waals surface area contributed by atoms with Gasteiger partial charge in [-0.25, -0.2) is 13.6 Å². The Balaban J connectivity index is 1.75. The summed E-state index contributed by atoms with van der Waals surface area (Å²) in [7, 11) is -3.65. The molecule has 1 aromatic rings. The highest BCUT2D eigenvalue weighted by Crippen LogP contribution is 2.26. The number of amides is 1. The Bertz CT molecular complexity index is 613. The lowest BCUT2D eigenvalue weighted by Gasteiger charge is -2.14. The van der Waals surface area contributed by atoms with Crippen LogP contribution in [0.5, 0.6) is 0 Å². The highest BCUT2D eigenvalue weighted by molar-refractivity contribution is 7.89. The van der Waals surface area contributed by atoms with Crippen molar-refractivity contribution in [2.24, 2.45) is 16.8 Å². The number of nitrogens with one attached hydrogen (secondary N) is 1. The van der Waals surface area contributed by atoms with Crippen LogP contribution in [0.2, 0.25) is 0 Å². The summed E-state index contributed by atoms with van der Waals surface area (Å²) in [6, 6.07) is 6.52. The molecule has 7 heteroatoms. The van der Waals surface area contributed by atoms with Gasteiger partial charge in [-0.3, -0.25) is 4.79 Å². The second-order valence-electron chi connectivity index (χ2n) is 5.85. The third-order valence-corrected chi connectivity index (χ3v) is 5.08. The molecule has 0 saturated heterocycles. The fraction of sp³-hybridized carbons (Fsp3) is 0.533. The van der Waals surface area contributed by atoms with Gasteiger partial charge in [0.1, 0.15) is 0 Å². The summed E-state index contributed by atoms with van der Waals surface area (Å²) in [5.41, 5.74) is 6.91. The minimum absolute atomic E-state index is 0.0310. The van der Waals surface area contributed by atoms with Crippen LogP contribution in [0.15, 0.2) is 29.2 Å². The number of hydrogen-bond acceptors (Lipinski definition) is 4. The van der Waals surface area contributed by atoms with Gasteiger partial charge < -0.3 is 11.1 Å². The maximum atomic E-state index is 11.9. The van der Waals surface area contributed by atoms with Crippen molar-refractivity contribution in [1.29, 1.82) is 0 Å². The van der Waals surface area contributed by atoms with Gasteiger partial charge in [-0.2, -0.15) is 0 Å². The van der Waals surface area contributed by atoms with Crippen LogP contribution in [0.25, 0.3) is 0 Å². The van der Waals surface area contributed by atoms with Gasteiger partial charge in [0.15, 0.2) is 0 Å². The molecule has 1 amide bonds. The van der Waals surface area contributed by atoms with Crippen molar-refractivity contribution in [1.82, 2.24) is 5.32 Å². The fourth-order valence-electron chi connectivity index (χ4n) is 2.82. The van der Waals surface area contributed by atoms with E-state index in [4.69, 9.17) is 10.9 Å². The molecule has 0 bridgehead atoms. The van der Waals surface area contributed by atoms with Gasteiger partial charge in [0.2, 0.25) is 15.9 Å². The molecule has 0 aliphatic heterocycles. The van der Waals surface area contributed by atoms with Crippen LogP contribution in [0.4, 0.5) is 0 Å². The summed E-state index contributed by atoms with van der Waals surface area (Å²) >= 11 is 0. The average Bonchev–Trinajstić information content (AvgIpc) is 2.84. The van der Waals surface area contributed by atoms with Gasteiger partial charge in [0, 0.05) is 19.0 Å². The molecule has 0 heterocycles. The van der Waals surface area contributed by atoms with Crippen LogP contribution in [0.3, 0.4) is 0 Å². The number of primary sulfonamides is 1. The van der Waals surface area contributed by atoms with Gasteiger partial charge in [-0.1, -0.05) is 18.6 Å². The van der Waals surface area contributed by atoms with Gasteiger partial charge in [0.05, 0.1) is 4.90 Å². The molecule has 1 aromatic carbocycles. The summed E-state index contributed by atoms with van der Waals surface area (Å²) in [5, 5.41) is 7.93. The van der Waals surface area contributed by atoms with Crippen LogP contribution in [0, 0.1) is 5.92 Å². The largest absolute Gasteiger partial charge is 0.356 e. The Morgan fingerprint density at radius 3 is 2.45 bits per heavy atom. The number of carbonyl (C=O) groups is 1. The van der Waals surface area contributed by atoms with Crippen LogP contribution >= 0.6 is 0 Å². The zero-order chi connectivity index (χ0) is 16.2. The van der Waals surface area contributed by atoms with E-state index in [1.54, 1.807) is 12.1 Å². The molecule has 1 aliphatic carbocycles. The lowest BCUT2D eigenvalue weighted by Crippen LogP contribution is -2.32. The molecule has 5 N–H and O–H groups in total. The van der Waals surface area contributed by atoms with Crippen molar-refractivity contribution in [3.05, 3.63) is 29.8 Å². The molecule has 6 nitrogen and oxygen atoms in total. The van der Waals surface area contributed by atoms with Crippen LogP contribution in [-0.2, 0) is 21.2 Å². The van der Waals surface area contributed by atoms with E-state index >= 15 is 0 Å². The smallest absolute Gasteiger partial charge is 0.238 e. The number of sulfonamides is 1. The average molecular weight is 325 g/mol. The first-order chi connectivity index (χ1) is 10.4. The quantitative estimate of drug-likeness (QED) is 0.706. The summed E-state index contributed by atoms with van der Waals surface area (Å²) in [5.74, 6) is 0.331. The Kier molecular flexibility index (Phi) is 5.55. The molecule has 1 aliphatic rings. The van der Waals surface area contributed by atoms with E-state index in [-0.39, 0.29) is 16.8 Å². The van der Waals surface area contributed by atoms with E-state index < -0.39 is 10.0 Å². The first-order valence-electron chi connectivity index (χ1n) is 7.50. The molecule has 0 unspecified atom stereocenters. The van der Waals surface area contributed by atoms with E-state index in [9.17, 15) is 13.2 Å². The van der Waals surface area contributed by atoms with E-state index in [1.807, 2.05) is 0 Å². The SMILES string of the molecule is N[C@@H]1CCC[C@H]1CC(=O)NCCc1ccc(S(N)(=O)=O)cc1.